The number of carbonyl (C=O) groups excluding carboxylic acids is 1. The molecule has 0 radical (unpaired) electrons. The highest BCUT2D eigenvalue weighted by Crippen LogP contribution is 2.29. The molecule has 1 aliphatic rings. The van der Waals surface area contributed by atoms with E-state index in [0.717, 1.165) is 30.0 Å². The van der Waals surface area contributed by atoms with Crippen molar-refractivity contribution in [3.05, 3.63) is 20.9 Å². The molecule has 0 saturated heterocycles. The van der Waals surface area contributed by atoms with E-state index in [4.69, 9.17) is 5.73 Å². The topological polar surface area (TPSA) is 55.1 Å². The Bertz CT molecular complexity index is 357. The number of nitrogens with two attached hydrogens (primary N) is 1. The third-order valence-electron chi connectivity index (χ3n) is 2.41. The molecular formula is C9H12N2OS. The van der Waals surface area contributed by atoms with Gasteiger partial charge < -0.3 is 11.1 Å². The molecule has 0 spiro atoms. The lowest BCUT2D eigenvalue weighted by Gasteiger charge is -2.12. The van der Waals surface area contributed by atoms with Crippen molar-refractivity contribution < 1.29 is 4.79 Å². The van der Waals surface area contributed by atoms with Crippen LogP contribution in [-0.4, -0.2) is 12.5 Å². The van der Waals surface area contributed by atoms with Gasteiger partial charge in [0.25, 0.3) is 5.91 Å². The third-order valence-corrected chi connectivity index (χ3v) is 3.82. The summed E-state index contributed by atoms with van der Waals surface area (Å²) in [6.45, 7) is 3.86. The van der Waals surface area contributed by atoms with E-state index in [9.17, 15) is 4.79 Å². The van der Waals surface area contributed by atoms with Crippen LogP contribution >= 0.6 is 11.3 Å². The molecule has 1 amide bonds. The lowest BCUT2D eigenvalue weighted by atomic mass is 10.1. The summed E-state index contributed by atoms with van der Waals surface area (Å²) in [5.74, 6) is -0.295. The molecule has 2 heterocycles. The molecule has 0 unspecified atom stereocenters. The van der Waals surface area contributed by atoms with E-state index in [1.165, 1.54) is 10.4 Å². The van der Waals surface area contributed by atoms with Crippen LogP contribution in [0.2, 0.25) is 0 Å². The minimum atomic E-state index is -0.295. The first-order valence-corrected chi connectivity index (χ1v) is 5.13. The Hall–Kier alpha value is -0.870. The zero-order valence-corrected chi connectivity index (χ0v) is 8.33. The van der Waals surface area contributed by atoms with Crippen LogP contribution in [-0.2, 0) is 13.0 Å². The summed E-state index contributed by atoms with van der Waals surface area (Å²) in [7, 11) is 0. The molecule has 0 saturated carbocycles. The van der Waals surface area contributed by atoms with Crippen molar-refractivity contribution in [1.29, 1.82) is 0 Å². The molecule has 0 aromatic carbocycles. The van der Waals surface area contributed by atoms with Gasteiger partial charge in [-0.3, -0.25) is 4.79 Å². The van der Waals surface area contributed by atoms with Gasteiger partial charge in [-0.05, 0) is 24.5 Å². The van der Waals surface area contributed by atoms with Crippen LogP contribution in [0.15, 0.2) is 0 Å². The average Bonchev–Trinajstić information content (AvgIpc) is 2.45. The van der Waals surface area contributed by atoms with Crippen molar-refractivity contribution in [2.24, 2.45) is 5.73 Å². The number of fused-ring (bicyclic) bond motifs is 1. The van der Waals surface area contributed by atoms with Crippen LogP contribution in [0.1, 0.15) is 25.7 Å². The SMILES string of the molecule is Cc1c(C(N)=O)sc2c1CNCC2. The Balaban J connectivity index is 2.50. The van der Waals surface area contributed by atoms with E-state index in [0.29, 0.717) is 0 Å². The van der Waals surface area contributed by atoms with Gasteiger partial charge >= 0.3 is 0 Å². The number of hydrogen-bond donors (Lipinski definition) is 2. The van der Waals surface area contributed by atoms with Gasteiger partial charge in [0.15, 0.2) is 0 Å². The zero-order valence-electron chi connectivity index (χ0n) is 7.52. The maximum atomic E-state index is 11.1. The molecule has 70 valence electrons. The normalized spacial score (nSPS) is 15.5. The Labute approximate surface area is 80.9 Å². The van der Waals surface area contributed by atoms with Gasteiger partial charge in [-0.15, -0.1) is 11.3 Å². The number of nitrogens with one attached hydrogen (secondary N) is 1. The highest BCUT2D eigenvalue weighted by molar-refractivity contribution is 7.14. The van der Waals surface area contributed by atoms with E-state index in [1.807, 2.05) is 6.92 Å². The van der Waals surface area contributed by atoms with Gasteiger partial charge in [-0.1, -0.05) is 0 Å². The Morgan fingerprint density at radius 1 is 1.62 bits per heavy atom. The molecule has 1 aromatic heterocycles. The van der Waals surface area contributed by atoms with Crippen LogP contribution in [0.3, 0.4) is 0 Å². The molecule has 1 aromatic rings. The summed E-state index contributed by atoms with van der Waals surface area (Å²) in [6, 6.07) is 0. The molecule has 1 aliphatic heterocycles. The second kappa shape index (κ2) is 3.12. The molecular weight excluding hydrogens is 184 g/mol. The monoisotopic (exact) mass is 196 g/mol. The smallest absolute Gasteiger partial charge is 0.259 e. The molecule has 0 bridgehead atoms. The van der Waals surface area contributed by atoms with Crippen LogP contribution in [0, 0.1) is 6.92 Å². The number of amides is 1. The number of carbonyl (C=O) groups is 1. The Morgan fingerprint density at radius 2 is 2.38 bits per heavy atom. The summed E-state index contributed by atoms with van der Waals surface area (Å²) in [4.78, 5) is 13.1. The fraction of sp³-hybridized carbons (Fsp3) is 0.444. The molecule has 2 rings (SSSR count). The van der Waals surface area contributed by atoms with E-state index in [1.54, 1.807) is 11.3 Å². The highest BCUT2D eigenvalue weighted by atomic mass is 32.1. The number of hydrogen-bond acceptors (Lipinski definition) is 3. The first kappa shape index (κ1) is 8.72. The standard InChI is InChI=1S/C9H12N2OS/c1-5-6-4-11-3-2-7(6)13-8(5)9(10)12/h11H,2-4H2,1H3,(H2,10,12). The van der Waals surface area contributed by atoms with Crippen molar-refractivity contribution >= 4 is 17.2 Å². The first-order valence-electron chi connectivity index (χ1n) is 4.32. The summed E-state index contributed by atoms with van der Waals surface area (Å²) in [6.07, 6.45) is 1.02. The maximum Gasteiger partial charge on any atom is 0.259 e. The Kier molecular flexibility index (Phi) is 2.09. The van der Waals surface area contributed by atoms with Crippen molar-refractivity contribution in [3.63, 3.8) is 0 Å². The van der Waals surface area contributed by atoms with Crippen molar-refractivity contribution in [2.45, 2.75) is 19.9 Å². The predicted octanol–water partition coefficient (Wildman–Crippen LogP) is 0.801. The van der Waals surface area contributed by atoms with Crippen molar-refractivity contribution in [3.8, 4) is 0 Å². The Morgan fingerprint density at radius 3 is 3.00 bits per heavy atom. The number of thiophene rings is 1. The minimum Gasteiger partial charge on any atom is -0.365 e. The molecule has 0 aliphatic carbocycles. The lowest BCUT2D eigenvalue weighted by molar-refractivity contribution is 0.100. The van der Waals surface area contributed by atoms with Gasteiger partial charge in [0.1, 0.15) is 0 Å². The fourth-order valence-electron chi connectivity index (χ4n) is 1.69. The van der Waals surface area contributed by atoms with Gasteiger partial charge in [-0.25, -0.2) is 0 Å². The largest absolute Gasteiger partial charge is 0.365 e. The second-order valence-electron chi connectivity index (χ2n) is 3.25. The summed E-state index contributed by atoms with van der Waals surface area (Å²) >= 11 is 1.56. The molecule has 3 N–H and O–H groups in total. The maximum absolute atomic E-state index is 11.1. The minimum absolute atomic E-state index is 0.295. The zero-order chi connectivity index (χ0) is 9.42. The van der Waals surface area contributed by atoms with Crippen LogP contribution in [0.25, 0.3) is 0 Å². The lowest BCUT2D eigenvalue weighted by Crippen LogP contribution is -2.22. The highest BCUT2D eigenvalue weighted by Gasteiger charge is 2.19. The first-order chi connectivity index (χ1) is 6.20. The fourth-order valence-corrected chi connectivity index (χ4v) is 2.87. The molecule has 4 heteroatoms. The summed E-state index contributed by atoms with van der Waals surface area (Å²) in [5, 5.41) is 3.29. The van der Waals surface area contributed by atoms with E-state index in [-0.39, 0.29) is 5.91 Å². The van der Waals surface area contributed by atoms with E-state index in [2.05, 4.69) is 5.32 Å². The van der Waals surface area contributed by atoms with Crippen LogP contribution in [0.4, 0.5) is 0 Å². The number of primary amides is 1. The van der Waals surface area contributed by atoms with Gasteiger partial charge in [-0.2, -0.15) is 0 Å². The van der Waals surface area contributed by atoms with Gasteiger partial charge in [0.05, 0.1) is 4.88 Å². The van der Waals surface area contributed by atoms with Crippen molar-refractivity contribution in [2.75, 3.05) is 6.54 Å². The van der Waals surface area contributed by atoms with Crippen LogP contribution < -0.4 is 11.1 Å². The van der Waals surface area contributed by atoms with Crippen molar-refractivity contribution in [1.82, 2.24) is 5.32 Å². The second-order valence-corrected chi connectivity index (χ2v) is 4.35. The molecule has 0 atom stereocenters. The van der Waals surface area contributed by atoms with E-state index < -0.39 is 0 Å². The predicted molar refractivity (Wildman–Crippen MR) is 53.0 cm³/mol. The van der Waals surface area contributed by atoms with Crippen LogP contribution in [0.5, 0.6) is 0 Å². The molecule has 13 heavy (non-hydrogen) atoms. The summed E-state index contributed by atoms with van der Waals surface area (Å²) in [5.41, 5.74) is 7.63. The third kappa shape index (κ3) is 1.36. The van der Waals surface area contributed by atoms with E-state index >= 15 is 0 Å². The molecule has 3 nitrogen and oxygen atoms in total. The van der Waals surface area contributed by atoms with Gasteiger partial charge in [0, 0.05) is 18.0 Å². The number of rotatable bonds is 1. The molecule has 0 fully saturated rings. The van der Waals surface area contributed by atoms with Gasteiger partial charge in [0.2, 0.25) is 0 Å². The quantitative estimate of drug-likeness (QED) is 0.698. The summed E-state index contributed by atoms with van der Waals surface area (Å²) < 4.78 is 0. The average molecular weight is 196 g/mol.